The van der Waals surface area contributed by atoms with Crippen LogP contribution in [0.3, 0.4) is 0 Å². The Hall–Kier alpha value is -4.69. The van der Waals surface area contributed by atoms with E-state index in [1.165, 1.54) is 13.3 Å². The van der Waals surface area contributed by atoms with Crippen LogP contribution >= 0.6 is 0 Å². The minimum atomic E-state index is -0.571. The lowest BCUT2D eigenvalue weighted by Crippen LogP contribution is -2.43. The van der Waals surface area contributed by atoms with Crippen molar-refractivity contribution in [2.24, 2.45) is 5.10 Å². The normalized spacial score (nSPS) is 13.3. The van der Waals surface area contributed by atoms with E-state index in [0.29, 0.717) is 48.9 Å². The van der Waals surface area contributed by atoms with E-state index in [4.69, 9.17) is 14.2 Å². The Bertz CT molecular complexity index is 1340. The smallest absolute Gasteiger partial charge is 0.270 e. The largest absolute Gasteiger partial charge is 0.493 e. The average molecular weight is 489 g/mol. The van der Waals surface area contributed by atoms with Crippen molar-refractivity contribution < 1.29 is 19.0 Å². The number of morpholine rings is 1. The van der Waals surface area contributed by atoms with Gasteiger partial charge in [-0.05, 0) is 23.8 Å². The number of carbonyl (C=O) groups excluding carboxylic acids is 1. The quantitative estimate of drug-likeness (QED) is 0.362. The van der Waals surface area contributed by atoms with Crippen LogP contribution in [0, 0.1) is 11.3 Å². The summed E-state index contributed by atoms with van der Waals surface area (Å²) in [7, 11) is 1.50. The fourth-order valence-electron chi connectivity index (χ4n) is 3.53. The Morgan fingerprint density at radius 2 is 2.03 bits per heavy atom. The number of H-pyrrole nitrogens is 1. The summed E-state index contributed by atoms with van der Waals surface area (Å²) in [5.74, 6) is 0.830. The van der Waals surface area contributed by atoms with E-state index in [1.54, 1.807) is 47.4 Å². The lowest BCUT2D eigenvalue weighted by molar-refractivity contribution is -0.137. The number of hydrogen-bond acceptors (Lipinski definition) is 9. The van der Waals surface area contributed by atoms with Crippen LogP contribution in [0.15, 0.2) is 58.4 Å². The van der Waals surface area contributed by atoms with Gasteiger partial charge in [0.2, 0.25) is 5.95 Å². The van der Waals surface area contributed by atoms with Crippen LogP contribution in [-0.4, -0.2) is 67.0 Å². The number of methoxy groups -OCH3 is 1. The van der Waals surface area contributed by atoms with Crippen molar-refractivity contribution in [1.29, 1.82) is 5.26 Å². The van der Waals surface area contributed by atoms with Crippen LogP contribution in [0.2, 0.25) is 0 Å². The number of benzene rings is 2. The number of nitriles is 1. The third kappa shape index (κ3) is 5.86. The summed E-state index contributed by atoms with van der Waals surface area (Å²) in [6, 6.07) is 16.0. The lowest BCUT2D eigenvalue weighted by atomic mass is 10.1. The predicted octanol–water partition coefficient (Wildman–Crippen LogP) is 2.00. The molecule has 1 aromatic heterocycles. The molecule has 11 nitrogen and oxygen atoms in total. The Kier molecular flexibility index (Phi) is 7.90. The molecule has 0 saturated carbocycles. The average Bonchev–Trinajstić information content (AvgIpc) is 2.92. The van der Waals surface area contributed by atoms with Gasteiger partial charge in [0.15, 0.2) is 18.1 Å². The molecule has 1 saturated heterocycles. The maximum Gasteiger partial charge on any atom is 0.270 e. The van der Waals surface area contributed by atoms with Gasteiger partial charge in [0, 0.05) is 18.7 Å². The highest BCUT2D eigenvalue weighted by Gasteiger charge is 2.18. The number of aromatic nitrogens is 2. The van der Waals surface area contributed by atoms with Crippen LogP contribution in [-0.2, 0) is 9.53 Å². The molecule has 0 radical (unpaired) electrons. The topological polar surface area (TPSA) is 142 Å². The maximum absolute atomic E-state index is 12.4. The Balaban J connectivity index is 1.44. The molecule has 36 heavy (non-hydrogen) atoms. The SMILES string of the molecule is COc1cc(C=NNc2nc(-c3ccccc3)c(C#N)c(=O)[nH]2)ccc1OCC(=O)N1CCOCC1. The van der Waals surface area contributed by atoms with Crippen LogP contribution in [0.1, 0.15) is 11.1 Å². The fourth-order valence-corrected chi connectivity index (χ4v) is 3.53. The second kappa shape index (κ2) is 11.6. The van der Waals surface area contributed by atoms with Crippen molar-refractivity contribution in [3.63, 3.8) is 0 Å². The van der Waals surface area contributed by atoms with E-state index in [-0.39, 0.29) is 29.7 Å². The van der Waals surface area contributed by atoms with Crippen molar-refractivity contribution in [2.75, 3.05) is 45.4 Å². The van der Waals surface area contributed by atoms with Gasteiger partial charge in [-0.1, -0.05) is 30.3 Å². The third-order valence-corrected chi connectivity index (χ3v) is 5.37. The molecule has 1 amide bonds. The predicted molar refractivity (Wildman–Crippen MR) is 132 cm³/mol. The van der Waals surface area contributed by atoms with E-state index in [9.17, 15) is 14.9 Å². The highest BCUT2D eigenvalue weighted by Crippen LogP contribution is 2.27. The van der Waals surface area contributed by atoms with Crippen LogP contribution in [0.5, 0.6) is 11.5 Å². The molecule has 0 aliphatic carbocycles. The standard InChI is InChI=1S/C25H24N6O5/c1-34-21-13-17(7-8-20(21)36-16-22(32)31-9-11-35-12-10-31)15-27-30-25-28-23(18-5-3-2-4-6-18)19(14-26)24(33)29-25/h2-8,13,15H,9-12,16H2,1H3,(H2,28,29,30,33). The van der Waals surface area contributed by atoms with Crippen molar-refractivity contribution in [1.82, 2.24) is 14.9 Å². The summed E-state index contributed by atoms with van der Waals surface area (Å²) in [6.07, 6.45) is 1.51. The van der Waals surface area contributed by atoms with E-state index in [0.717, 1.165) is 0 Å². The van der Waals surface area contributed by atoms with Gasteiger partial charge in [0.25, 0.3) is 11.5 Å². The molecule has 11 heteroatoms. The Morgan fingerprint density at radius 3 is 2.75 bits per heavy atom. The molecule has 2 N–H and O–H groups in total. The molecule has 0 spiro atoms. The fraction of sp³-hybridized carbons (Fsp3) is 0.240. The third-order valence-electron chi connectivity index (χ3n) is 5.37. The summed E-state index contributed by atoms with van der Waals surface area (Å²) >= 11 is 0. The first kappa shape index (κ1) is 24.4. The van der Waals surface area contributed by atoms with Gasteiger partial charge in [0.05, 0.1) is 32.2 Å². The summed E-state index contributed by atoms with van der Waals surface area (Å²) in [5.41, 5.74) is 3.60. The van der Waals surface area contributed by atoms with Crippen LogP contribution in [0.4, 0.5) is 5.95 Å². The first-order chi connectivity index (χ1) is 17.6. The molecule has 184 valence electrons. The van der Waals surface area contributed by atoms with Crippen molar-refractivity contribution >= 4 is 18.1 Å². The zero-order chi connectivity index (χ0) is 25.3. The first-order valence-electron chi connectivity index (χ1n) is 11.1. The number of rotatable bonds is 8. The van der Waals surface area contributed by atoms with E-state index < -0.39 is 5.56 Å². The van der Waals surface area contributed by atoms with Gasteiger partial charge < -0.3 is 19.1 Å². The Morgan fingerprint density at radius 1 is 1.25 bits per heavy atom. The minimum absolute atomic E-state index is 0.0804. The molecule has 2 aromatic carbocycles. The van der Waals surface area contributed by atoms with Crippen LogP contribution in [0.25, 0.3) is 11.3 Å². The first-order valence-corrected chi connectivity index (χ1v) is 11.1. The number of hydrogen-bond donors (Lipinski definition) is 2. The van der Waals surface area contributed by atoms with Crippen LogP contribution < -0.4 is 20.5 Å². The minimum Gasteiger partial charge on any atom is -0.493 e. The molecule has 1 fully saturated rings. The van der Waals surface area contributed by atoms with E-state index in [2.05, 4.69) is 20.5 Å². The number of nitrogens with one attached hydrogen (secondary N) is 2. The van der Waals surface area contributed by atoms with Gasteiger partial charge in [-0.15, -0.1) is 0 Å². The lowest BCUT2D eigenvalue weighted by Gasteiger charge is -2.26. The molecule has 0 unspecified atom stereocenters. The number of nitrogens with zero attached hydrogens (tertiary/aromatic N) is 4. The van der Waals surface area contributed by atoms with E-state index in [1.807, 2.05) is 12.1 Å². The number of amides is 1. The van der Waals surface area contributed by atoms with E-state index >= 15 is 0 Å². The summed E-state index contributed by atoms with van der Waals surface area (Å²) in [6.45, 7) is 2.04. The molecule has 0 bridgehead atoms. The van der Waals surface area contributed by atoms with Gasteiger partial charge in [-0.3, -0.25) is 14.6 Å². The maximum atomic E-state index is 12.4. The van der Waals surface area contributed by atoms with Gasteiger partial charge in [-0.2, -0.15) is 10.4 Å². The monoisotopic (exact) mass is 488 g/mol. The zero-order valence-electron chi connectivity index (χ0n) is 19.6. The number of anilines is 1. The summed E-state index contributed by atoms with van der Waals surface area (Å²) in [5, 5.41) is 13.5. The second-order valence-electron chi connectivity index (χ2n) is 7.68. The molecule has 3 aromatic rings. The molecular formula is C25H24N6O5. The van der Waals surface area contributed by atoms with Gasteiger partial charge in [-0.25, -0.2) is 10.4 Å². The molecule has 1 aliphatic heterocycles. The van der Waals surface area contributed by atoms with Crippen molar-refractivity contribution in [3.8, 4) is 28.8 Å². The highest BCUT2D eigenvalue weighted by atomic mass is 16.5. The molecular weight excluding hydrogens is 464 g/mol. The molecule has 1 aliphatic rings. The number of aromatic amines is 1. The zero-order valence-corrected chi connectivity index (χ0v) is 19.6. The highest BCUT2D eigenvalue weighted by molar-refractivity contribution is 5.82. The number of hydrazone groups is 1. The van der Waals surface area contributed by atoms with Gasteiger partial charge >= 0.3 is 0 Å². The summed E-state index contributed by atoms with van der Waals surface area (Å²) in [4.78, 5) is 33.2. The second-order valence-corrected chi connectivity index (χ2v) is 7.68. The number of ether oxygens (including phenoxy) is 3. The Labute approximate surface area is 206 Å². The van der Waals surface area contributed by atoms with Crippen molar-refractivity contribution in [3.05, 3.63) is 70.0 Å². The molecule has 0 atom stereocenters. The number of carbonyl (C=O) groups is 1. The summed E-state index contributed by atoms with van der Waals surface area (Å²) < 4.78 is 16.3. The van der Waals surface area contributed by atoms with Crippen molar-refractivity contribution in [2.45, 2.75) is 0 Å². The molecule has 2 heterocycles. The molecule has 4 rings (SSSR count). The van der Waals surface area contributed by atoms with Gasteiger partial charge in [0.1, 0.15) is 11.6 Å².